The van der Waals surface area contributed by atoms with E-state index in [-0.39, 0.29) is 16.5 Å². The molecule has 0 aromatic rings. The van der Waals surface area contributed by atoms with Gasteiger partial charge in [0.05, 0.1) is 10.5 Å². The fourth-order valence-electron chi connectivity index (χ4n) is 3.50. The predicted molar refractivity (Wildman–Crippen MR) is 82.2 cm³/mol. The highest BCUT2D eigenvalue weighted by molar-refractivity contribution is 7.92. The maximum Gasteiger partial charge on any atom is 0.157 e. The van der Waals surface area contributed by atoms with E-state index in [0.29, 0.717) is 5.92 Å². The van der Waals surface area contributed by atoms with E-state index in [1.165, 1.54) is 6.42 Å². The molecule has 0 aromatic heterocycles. The van der Waals surface area contributed by atoms with Gasteiger partial charge in [-0.2, -0.15) is 0 Å². The lowest BCUT2D eigenvalue weighted by Crippen LogP contribution is -2.46. The van der Waals surface area contributed by atoms with Crippen LogP contribution in [0.5, 0.6) is 0 Å². The van der Waals surface area contributed by atoms with Gasteiger partial charge in [0, 0.05) is 6.04 Å². The molecule has 4 unspecified atom stereocenters. The summed E-state index contributed by atoms with van der Waals surface area (Å²) >= 11 is 0. The van der Waals surface area contributed by atoms with Crippen LogP contribution < -0.4 is 5.32 Å². The second-order valence-corrected chi connectivity index (χ2v) is 8.56. The van der Waals surface area contributed by atoms with Gasteiger partial charge in [-0.05, 0) is 38.6 Å². The summed E-state index contributed by atoms with van der Waals surface area (Å²) in [5.74, 6) is 0.560. The summed E-state index contributed by atoms with van der Waals surface area (Å²) < 4.78 is 25.8. The summed E-state index contributed by atoms with van der Waals surface area (Å²) in [4.78, 5) is 0. The summed E-state index contributed by atoms with van der Waals surface area (Å²) in [5.41, 5.74) is 0. The molecule has 0 aliphatic heterocycles. The van der Waals surface area contributed by atoms with E-state index in [0.717, 1.165) is 38.5 Å². The van der Waals surface area contributed by atoms with Crippen LogP contribution in [-0.4, -0.2) is 32.0 Å². The second-order valence-electron chi connectivity index (χ2n) is 6.11. The third-order valence-corrected chi connectivity index (χ3v) is 7.46. The zero-order chi connectivity index (χ0) is 14.5. The van der Waals surface area contributed by atoms with Gasteiger partial charge in [0.15, 0.2) is 9.84 Å². The standard InChI is InChI=1S/C15H31NO2S/c1-5-8-14(16-4)15(6-2)19(17,18)13-10-7-9-12(3)11-13/h12-16H,5-11H2,1-4H3. The largest absolute Gasteiger partial charge is 0.316 e. The first-order valence-corrected chi connectivity index (χ1v) is 9.48. The fourth-order valence-corrected chi connectivity index (χ4v) is 6.28. The molecule has 0 heterocycles. The van der Waals surface area contributed by atoms with Crippen LogP contribution in [0.15, 0.2) is 0 Å². The van der Waals surface area contributed by atoms with Gasteiger partial charge in [-0.3, -0.25) is 0 Å². The Labute approximate surface area is 119 Å². The Kier molecular flexibility index (Phi) is 6.81. The molecule has 0 bridgehead atoms. The molecule has 0 radical (unpaired) electrons. The first-order valence-electron chi connectivity index (χ1n) is 7.87. The topological polar surface area (TPSA) is 46.2 Å². The van der Waals surface area contributed by atoms with Crippen LogP contribution in [0.3, 0.4) is 0 Å². The van der Waals surface area contributed by atoms with Crippen molar-refractivity contribution in [2.45, 2.75) is 82.3 Å². The zero-order valence-electron chi connectivity index (χ0n) is 13.0. The zero-order valence-corrected chi connectivity index (χ0v) is 13.8. The molecule has 1 aliphatic rings. The molecule has 1 fully saturated rings. The predicted octanol–water partition coefficient (Wildman–Crippen LogP) is 3.15. The van der Waals surface area contributed by atoms with Gasteiger partial charge < -0.3 is 5.32 Å². The van der Waals surface area contributed by atoms with Crippen molar-refractivity contribution < 1.29 is 8.42 Å². The van der Waals surface area contributed by atoms with Crippen molar-refractivity contribution in [1.82, 2.24) is 5.32 Å². The molecule has 0 amide bonds. The maximum atomic E-state index is 12.9. The van der Waals surface area contributed by atoms with E-state index in [1.54, 1.807) is 0 Å². The minimum atomic E-state index is -3.00. The smallest absolute Gasteiger partial charge is 0.157 e. The minimum absolute atomic E-state index is 0.103. The summed E-state index contributed by atoms with van der Waals surface area (Å²) in [6.45, 7) is 6.31. The van der Waals surface area contributed by atoms with Crippen molar-refractivity contribution in [3.05, 3.63) is 0 Å². The third-order valence-electron chi connectivity index (χ3n) is 4.60. The Balaban J connectivity index is 2.87. The van der Waals surface area contributed by atoms with Crippen molar-refractivity contribution in [3.63, 3.8) is 0 Å². The molecule has 0 saturated heterocycles. The van der Waals surface area contributed by atoms with Gasteiger partial charge in [0.25, 0.3) is 0 Å². The lowest BCUT2D eigenvalue weighted by Gasteiger charge is -2.33. The lowest BCUT2D eigenvalue weighted by molar-refractivity contribution is 0.374. The molecule has 1 aliphatic carbocycles. The highest BCUT2D eigenvalue weighted by atomic mass is 32.2. The first-order chi connectivity index (χ1) is 8.97. The number of nitrogens with one attached hydrogen (secondary N) is 1. The van der Waals surface area contributed by atoms with Crippen molar-refractivity contribution in [2.24, 2.45) is 5.92 Å². The van der Waals surface area contributed by atoms with E-state index in [2.05, 4.69) is 19.2 Å². The molecule has 0 spiro atoms. The Morgan fingerprint density at radius 1 is 1.26 bits per heavy atom. The van der Waals surface area contributed by atoms with E-state index in [1.807, 2.05) is 14.0 Å². The highest BCUT2D eigenvalue weighted by Gasteiger charge is 2.38. The van der Waals surface area contributed by atoms with Gasteiger partial charge in [0.1, 0.15) is 0 Å². The monoisotopic (exact) mass is 289 g/mol. The summed E-state index contributed by atoms with van der Waals surface area (Å²) in [6, 6.07) is 0.109. The van der Waals surface area contributed by atoms with Gasteiger partial charge >= 0.3 is 0 Å². The first kappa shape index (κ1) is 17.0. The average molecular weight is 289 g/mol. The molecule has 3 nitrogen and oxygen atoms in total. The Morgan fingerprint density at radius 3 is 2.42 bits per heavy atom. The van der Waals surface area contributed by atoms with Crippen LogP contribution in [0.25, 0.3) is 0 Å². The molecule has 1 saturated carbocycles. The average Bonchev–Trinajstić information content (AvgIpc) is 2.38. The quantitative estimate of drug-likeness (QED) is 0.783. The van der Waals surface area contributed by atoms with Crippen LogP contribution in [0, 0.1) is 5.92 Å². The van der Waals surface area contributed by atoms with Gasteiger partial charge in [-0.25, -0.2) is 8.42 Å². The van der Waals surface area contributed by atoms with Gasteiger partial charge in [0.2, 0.25) is 0 Å². The maximum absolute atomic E-state index is 12.9. The fraction of sp³-hybridized carbons (Fsp3) is 1.00. The number of sulfone groups is 1. The molecule has 114 valence electrons. The highest BCUT2D eigenvalue weighted by Crippen LogP contribution is 2.32. The van der Waals surface area contributed by atoms with Crippen molar-refractivity contribution in [1.29, 1.82) is 0 Å². The normalized spacial score (nSPS) is 28.0. The molecule has 0 aromatic carbocycles. The molecule has 4 heteroatoms. The van der Waals surface area contributed by atoms with Crippen molar-refractivity contribution >= 4 is 9.84 Å². The Morgan fingerprint density at radius 2 is 1.95 bits per heavy atom. The van der Waals surface area contributed by atoms with E-state index < -0.39 is 9.84 Å². The summed E-state index contributed by atoms with van der Waals surface area (Å²) in [7, 11) is -1.11. The molecule has 4 atom stereocenters. The van der Waals surface area contributed by atoms with E-state index in [4.69, 9.17) is 0 Å². The summed E-state index contributed by atoms with van der Waals surface area (Å²) in [5, 5.41) is 2.91. The van der Waals surface area contributed by atoms with Crippen LogP contribution in [-0.2, 0) is 9.84 Å². The lowest BCUT2D eigenvalue weighted by atomic mass is 9.90. The summed E-state index contributed by atoms with van der Waals surface area (Å²) in [6.07, 6.45) is 6.67. The SMILES string of the molecule is CCCC(NC)C(CC)S(=O)(=O)C1CCCC(C)C1. The molecule has 1 rings (SSSR count). The third kappa shape index (κ3) is 4.19. The van der Waals surface area contributed by atoms with Gasteiger partial charge in [-0.1, -0.05) is 40.0 Å². The number of hydrogen-bond acceptors (Lipinski definition) is 3. The van der Waals surface area contributed by atoms with Crippen LogP contribution in [0.4, 0.5) is 0 Å². The van der Waals surface area contributed by atoms with Crippen molar-refractivity contribution in [3.8, 4) is 0 Å². The van der Waals surface area contributed by atoms with Crippen LogP contribution in [0.1, 0.15) is 65.7 Å². The Bertz CT molecular complexity index is 353. The van der Waals surface area contributed by atoms with Gasteiger partial charge in [-0.15, -0.1) is 0 Å². The number of hydrogen-bond donors (Lipinski definition) is 1. The molecule has 1 N–H and O–H groups in total. The van der Waals surface area contributed by atoms with Crippen molar-refractivity contribution in [2.75, 3.05) is 7.05 Å². The number of rotatable bonds is 7. The minimum Gasteiger partial charge on any atom is -0.316 e. The molecular formula is C15H31NO2S. The second kappa shape index (κ2) is 7.63. The van der Waals surface area contributed by atoms with E-state index in [9.17, 15) is 8.42 Å². The van der Waals surface area contributed by atoms with Crippen LogP contribution in [0.2, 0.25) is 0 Å². The Hall–Kier alpha value is -0.0900. The van der Waals surface area contributed by atoms with E-state index >= 15 is 0 Å². The molecule has 19 heavy (non-hydrogen) atoms. The molecular weight excluding hydrogens is 258 g/mol. The van der Waals surface area contributed by atoms with Crippen LogP contribution >= 0.6 is 0 Å².